The van der Waals surface area contributed by atoms with Crippen LogP contribution in [0.4, 0.5) is 0 Å². The van der Waals surface area contributed by atoms with E-state index in [2.05, 4.69) is 15.4 Å². The molecule has 7 nitrogen and oxygen atoms in total. The lowest BCUT2D eigenvalue weighted by Gasteiger charge is -2.03. The Hall–Kier alpha value is -2.70. The maximum Gasteiger partial charge on any atom is 0.335 e. The van der Waals surface area contributed by atoms with Gasteiger partial charge in [-0.2, -0.15) is 5.10 Å². The number of hydrogen-bond acceptors (Lipinski definition) is 4. The number of aromatic nitrogens is 5. The molecule has 0 amide bonds. The summed E-state index contributed by atoms with van der Waals surface area (Å²) in [6.45, 7) is 0.541. The van der Waals surface area contributed by atoms with E-state index in [1.807, 2.05) is 13.1 Å². The van der Waals surface area contributed by atoms with E-state index in [0.29, 0.717) is 12.1 Å². The van der Waals surface area contributed by atoms with Crippen LogP contribution in [0.3, 0.4) is 0 Å². The lowest BCUT2D eigenvalue weighted by Crippen LogP contribution is -2.07. The van der Waals surface area contributed by atoms with Crippen LogP contribution in [0.5, 0.6) is 0 Å². The molecule has 19 heavy (non-hydrogen) atoms. The smallest absolute Gasteiger partial charge is 0.335 e. The lowest BCUT2D eigenvalue weighted by atomic mass is 10.2. The van der Waals surface area contributed by atoms with Crippen LogP contribution in [-0.4, -0.2) is 35.9 Å². The van der Waals surface area contributed by atoms with Gasteiger partial charge in [-0.1, -0.05) is 5.21 Å². The standard InChI is InChI=1S/C12H11N5O2/c1-16-9(4-5-13-16)7-17-11-3-2-8(12(18)19)6-10(11)14-15-17/h2-6H,7H2,1H3,(H,18,19). The number of carboxylic acid groups (broad SMARTS) is 1. The molecule has 0 unspecified atom stereocenters. The van der Waals surface area contributed by atoms with Crippen LogP contribution in [0.25, 0.3) is 11.0 Å². The van der Waals surface area contributed by atoms with Crippen LogP contribution in [0.2, 0.25) is 0 Å². The molecule has 0 atom stereocenters. The third-order valence-corrected chi connectivity index (χ3v) is 3.00. The number of rotatable bonds is 3. The molecule has 3 rings (SSSR count). The van der Waals surface area contributed by atoms with Gasteiger partial charge in [-0.3, -0.25) is 4.68 Å². The summed E-state index contributed by atoms with van der Waals surface area (Å²) in [7, 11) is 1.86. The van der Waals surface area contributed by atoms with Gasteiger partial charge in [0, 0.05) is 13.2 Å². The van der Waals surface area contributed by atoms with Crippen molar-refractivity contribution >= 4 is 17.0 Å². The van der Waals surface area contributed by atoms with Gasteiger partial charge in [-0.15, -0.1) is 5.10 Å². The molecule has 0 saturated carbocycles. The number of carbonyl (C=O) groups is 1. The summed E-state index contributed by atoms with van der Waals surface area (Å²) in [4.78, 5) is 10.9. The topological polar surface area (TPSA) is 85.8 Å². The zero-order valence-electron chi connectivity index (χ0n) is 10.2. The summed E-state index contributed by atoms with van der Waals surface area (Å²) in [6, 6.07) is 6.69. The molecule has 0 aliphatic heterocycles. The van der Waals surface area contributed by atoms with Gasteiger partial charge in [0.2, 0.25) is 0 Å². The fourth-order valence-corrected chi connectivity index (χ4v) is 1.93. The van der Waals surface area contributed by atoms with Crippen LogP contribution >= 0.6 is 0 Å². The average Bonchev–Trinajstić information content (AvgIpc) is 2.97. The van der Waals surface area contributed by atoms with E-state index in [-0.39, 0.29) is 5.56 Å². The lowest BCUT2D eigenvalue weighted by molar-refractivity contribution is 0.0697. The van der Waals surface area contributed by atoms with Gasteiger partial charge in [0.1, 0.15) is 5.52 Å². The first-order valence-electron chi connectivity index (χ1n) is 5.68. The third kappa shape index (κ3) is 1.95. The fourth-order valence-electron chi connectivity index (χ4n) is 1.93. The van der Waals surface area contributed by atoms with E-state index in [1.54, 1.807) is 27.7 Å². The number of aryl methyl sites for hydroxylation is 1. The summed E-state index contributed by atoms with van der Waals surface area (Å²) in [5.41, 5.74) is 2.57. The molecule has 2 heterocycles. The maximum absolute atomic E-state index is 10.9. The van der Waals surface area contributed by atoms with Crippen molar-refractivity contribution in [3.8, 4) is 0 Å². The second-order valence-electron chi connectivity index (χ2n) is 4.20. The molecule has 0 fully saturated rings. The van der Waals surface area contributed by atoms with Crippen molar-refractivity contribution in [2.75, 3.05) is 0 Å². The van der Waals surface area contributed by atoms with Crippen molar-refractivity contribution in [2.24, 2.45) is 7.05 Å². The summed E-state index contributed by atoms with van der Waals surface area (Å²) in [5.74, 6) is -0.969. The SMILES string of the molecule is Cn1nccc1Cn1nnc2cc(C(=O)O)ccc21. The van der Waals surface area contributed by atoms with Crippen LogP contribution in [0.1, 0.15) is 16.1 Å². The van der Waals surface area contributed by atoms with Gasteiger partial charge in [0.25, 0.3) is 0 Å². The number of nitrogens with zero attached hydrogens (tertiary/aromatic N) is 5. The molecule has 1 N–H and O–H groups in total. The number of fused-ring (bicyclic) bond motifs is 1. The number of hydrogen-bond donors (Lipinski definition) is 1. The molecule has 0 aliphatic carbocycles. The summed E-state index contributed by atoms with van der Waals surface area (Å²) in [6.07, 6.45) is 1.72. The van der Waals surface area contributed by atoms with E-state index in [1.165, 1.54) is 6.07 Å². The Labute approximate surface area is 108 Å². The normalized spacial score (nSPS) is 11.0. The summed E-state index contributed by atoms with van der Waals surface area (Å²) in [5, 5.41) is 21.1. The van der Waals surface area contributed by atoms with Gasteiger partial charge in [0.15, 0.2) is 0 Å². The van der Waals surface area contributed by atoms with Crippen molar-refractivity contribution < 1.29 is 9.90 Å². The Bertz CT molecular complexity index is 758. The summed E-state index contributed by atoms with van der Waals surface area (Å²) >= 11 is 0. The highest BCUT2D eigenvalue weighted by Gasteiger charge is 2.10. The molecule has 1 aromatic carbocycles. The molecule has 2 aromatic heterocycles. The first-order valence-corrected chi connectivity index (χ1v) is 5.68. The maximum atomic E-state index is 10.9. The average molecular weight is 257 g/mol. The fraction of sp³-hybridized carbons (Fsp3) is 0.167. The Morgan fingerprint density at radius 2 is 2.21 bits per heavy atom. The first kappa shape index (κ1) is 11.4. The molecule has 0 saturated heterocycles. The predicted molar refractivity (Wildman–Crippen MR) is 66.8 cm³/mol. The highest BCUT2D eigenvalue weighted by Crippen LogP contribution is 2.14. The largest absolute Gasteiger partial charge is 0.478 e. The quantitative estimate of drug-likeness (QED) is 0.753. The number of benzene rings is 1. The second kappa shape index (κ2) is 4.20. The molecular weight excluding hydrogens is 246 g/mol. The molecular formula is C12H11N5O2. The molecule has 0 radical (unpaired) electrons. The van der Waals surface area contributed by atoms with Gasteiger partial charge < -0.3 is 5.11 Å². The molecule has 7 heteroatoms. The van der Waals surface area contributed by atoms with Crippen LogP contribution in [0, 0.1) is 0 Å². The van der Waals surface area contributed by atoms with Gasteiger partial charge in [-0.05, 0) is 24.3 Å². The molecule has 0 spiro atoms. The minimum Gasteiger partial charge on any atom is -0.478 e. The minimum absolute atomic E-state index is 0.208. The Morgan fingerprint density at radius 3 is 2.89 bits per heavy atom. The monoisotopic (exact) mass is 257 g/mol. The van der Waals surface area contributed by atoms with Crippen LogP contribution in [0.15, 0.2) is 30.5 Å². The van der Waals surface area contributed by atoms with Crippen molar-refractivity contribution in [3.05, 3.63) is 41.7 Å². The zero-order valence-corrected chi connectivity index (χ0v) is 10.2. The van der Waals surface area contributed by atoms with Crippen molar-refractivity contribution in [3.63, 3.8) is 0 Å². The van der Waals surface area contributed by atoms with E-state index in [9.17, 15) is 4.79 Å². The summed E-state index contributed by atoms with van der Waals surface area (Å²) < 4.78 is 3.48. The van der Waals surface area contributed by atoms with Gasteiger partial charge in [-0.25, -0.2) is 9.48 Å². The second-order valence-corrected chi connectivity index (χ2v) is 4.20. The molecule has 3 aromatic rings. The highest BCUT2D eigenvalue weighted by atomic mass is 16.4. The van der Waals surface area contributed by atoms with Gasteiger partial charge in [0.05, 0.1) is 23.3 Å². The first-order chi connectivity index (χ1) is 9.15. The van der Waals surface area contributed by atoms with Crippen molar-refractivity contribution in [2.45, 2.75) is 6.54 Å². The van der Waals surface area contributed by atoms with E-state index >= 15 is 0 Å². The molecule has 96 valence electrons. The van der Waals surface area contributed by atoms with E-state index in [4.69, 9.17) is 5.11 Å². The highest BCUT2D eigenvalue weighted by molar-refractivity contribution is 5.92. The van der Waals surface area contributed by atoms with Gasteiger partial charge >= 0.3 is 5.97 Å². The van der Waals surface area contributed by atoms with Crippen LogP contribution < -0.4 is 0 Å². The Balaban J connectivity index is 2.02. The minimum atomic E-state index is -0.969. The Kier molecular flexibility index (Phi) is 2.52. The van der Waals surface area contributed by atoms with E-state index < -0.39 is 5.97 Å². The van der Waals surface area contributed by atoms with Crippen molar-refractivity contribution in [1.82, 2.24) is 24.8 Å². The van der Waals surface area contributed by atoms with Crippen molar-refractivity contribution in [1.29, 1.82) is 0 Å². The number of carboxylic acids is 1. The molecule has 0 aliphatic rings. The van der Waals surface area contributed by atoms with Crippen LogP contribution in [-0.2, 0) is 13.6 Å². The Morgan fingerprint density at radius 1 is 1.37 bits per heavy atom. The predicted octanol–water partition coefficient (Wildman–Crippen LogP) is 0.911. The van der Waals surface area contributed by atoms with E-state index in [0.717, 1.165) is 11.2 Å². The number of aromatic carboxylic acids is 1. The third-order valence-electron chi connectivity index (χ3n) is 3.00. The molecule has 0 bridgehead atoms. The zero-order chi connectivity index (χ0) is 13.4.